The monoisotopic (exact) mass is 157 g/mol. The number of carboxylic acid groups (broad SMARTS) is 1. The lowest BCUT2D eigenvalue weighted by atomic mass is 9.79. The van der Waals surface area contributed by atoms with Crippen molar-refractivity contribution in [3.05, 3.63) is 0 Å². The zero-order valence-electron chi connectivity index (χ0n) is 6.84. The molecule has 3 nitrogen and oxygen atoms in total. The number of nitrogens with one attached hydrogen (secondary N) is 1. The molecule has 3 heteroatoms. The number of rotatable bonds is 3. The van der Waals surface area contributed by atoms with Crippen LogP contribution in [0.4, 0.5) is 4.79 Å². The standard InChI is InChI=1S/C8H15NO2/c1-2-7(9-8(10)11)6-4-3-5-6/h6-7,9H,2-5H2,1H3,(H,10,11). The topological polar surface area (TPSA) is 49.3 Å². The van der Waals surface area contributed by atoms with Gasteiger partial charge in [-0.15, -0.1) is 0 Å². The summed E-state index contributed by atoms with van der Waals surface area (Å²) in [6.07, 6.45) is 3.68. The van der Waals surface area contributed by atoms with Crippen LogP contribution in [0.3, 0.4) is 0 Å². The lowest BCUT2D eigenvalue weighted by Crippen LogP contribution is -2.41. The zero-order chi connectivity index (χ0) is 8.27. The minimum atomic E-state index is -0.885. The van der Waals surface area contributed by atoms with E-state index in [-0.39, 0.29) is 6.04 Å². The van der Waals surface area contributed by atoms with Gasteiger partial charge in [-0.3, -0.25) is 0 Å². The molecule has 11 heavy (non-hydrogen) atoms. The second kappa shape index (κ2) is 3.60. The average Bonchev–Trinajstić information content (AvgIpc) is 1.81. The molecule has 0 radical (unpaired) electrons. The van der Waals surface area contributed by atoms with E-state index in [1.54, 1.807) is 0 Å². The molecule has 0 aliphatic heterocycles. The summed E-state index contributed by atoms with van der Waals surface area (Å²) in [6, 6.07) is 0.196. The number of carbonyl (C=O) groups is 1. The maximum Gasteiger partial charge on any atom is 0.404 e. The molecule has 0 bridgehead atoms. The second-order valence-electron chi connectivity index (χ2n) is 3.16. The van der Waals surface area contributed by atoms with E-state index in [9.17, 15) is 4.79 Å². The first-order chi connectivity index (χ1) is 5.24. The number of hydrogen-bond acceptors (Lipinski definition) is 1. The summed E-state index contributed by atoms with van der Waals surface area (Å²) in [5.41, 5.74) is 0. The molecule has 1 aliphatic carbocycles. The molecule has 64 valence electrons. The highest BCUT2D eigenvalue weighted by molar-refractivity contribution is 5.64. The summed E-state index contributed by atoms with van der Waals surface area (Å²) in [4.78, 5) is 10.3. The van der Waals surface area contributed by atoms with Gasteiger partial charge in [0, 0.05) is 6.04 Å². The van der Waals surface area contributed by atoms with E-state index in [2.05, 4.69) is 5.32 Å². The molecule has 1 aliphatic rings. The van der Waals surface area contributed by atoms with Crippen molar-refractivity contribution in [1.82, 2.24) is 5.32 Å². The molecule has 1 amide bonds. The van der Waals surface area contributed by atoms with Crippen molar-refractivity contribution in [1.29, 1.82) is 0 Å². The fourth-order valence-corrected chi connectivity index (χ4v) is 1.55. The molecule has 0 aromatic carbocycles. The highest BCUT2D eigenvalue weighted by atomic mass is 16.4. The van der Waals surface area contributed by atoms with E-state index in [1.165, 1.54) is 19.3 Å². The largest absolute Gasteiger partial charge is 0.465 e. The Labute approximate surface area is 66.8 Å². The first-order valence-electron chi connectivity index (χ1n) is 4.23. The molecule has 0 spiro atoms. The average molecular weight is 157 g/mol. The van der Waals surface area contributed by atoms with Crippen LogP contribution in [-0.4, -0.2) is 17.2 Å². The molecule has 0 aromatic heterocycles. The lowest BCUT2D eigenvalue weighted by molar-refractivity contribution is 0.169. The van der Waals surface area contributed by atoms with Crippen molar-refractivity contribution in [3.8, 4) is 0 Å². The predicted molar refractivity (Wildman–Crippen MR) is 42.6 cm³/mol. The summed E-state index contributed by atoms with van der Waals surface area (Å²) in [6.45, 7) is 2.03. The van der Waals surface area contributed by atoms with Gasteiger partial charge in [-0.1, -0.05) is 13.3 Å². The first-order valence-corrected chi connectivity index (χ1v) is 4.23. The Hall–Kier alpha value is -0.730. The van der Waals surface area contributed by atoms with E-state index < -0.39 is 6.09 Å². The number of hydrogen-bond donors (Lipinski definition) is 2. The molecule has 1 fully saturated rings. The molecule has 1 rings (SSSR count). The van der Waals surface area contributed by atoms with Gasteiger partial charge in [-0.05, 0) is 25.2 Å². The van der Waals surface area contributed by atoms with Crippen molar-refractivity contribution in [2.45, 2.75) is 38.6 Å². The van der Waals surface area contributed by atoms with Gasteiger partial charge in [0.25, 0.3) is 0 Å². The fourth-order valence-electron chi connectivity index (χ4n) is 1.55. The summed E-state index contributed by atoms with van der Waals surface area (Å²) in [5, 5.41) is 11.0. The van der Waals surface area contributed by atoms with Crippen LogP contribution in [0.15, 0.2) is 0 Å². The van der Waals surface area contributed by atoms with Gasteiger partial charge in [-0.25, -0.2) is 4.79 Å². The molecule has 2 N–H and O–H groups in total. The molecule has 1 atom stereocenters. The van der Waals surface area contributed by atoms with Gasteiger partial charge < -0.3 is 10.4 Å². The van der Waals surface area contributed by atoms with Gasteiger partial charge in [-0.2, -0.15) is 0 Å². The Morgan fingerprint density at radius 1 is 1.73 bits per heavy atom. The van der Waals surface area contributed by atoms with Crippen molar-refractivity contribution < 1.29 is 9.90 Å². The Morgan fingerprint density at radius 3 is 2.64 bits per heavy atom. The lowest BCUT2D eigenvalue weighted by Gasteiger charge is -2.32. The molecular formula is C8H15NO2. The molecule has 0 heterocycles. The molecule has 0 aromatic rings. The van der Waals surface area contributed by atoms with Gasteiger partial charge in [0.05, 0.1) is 0 Å². The maximum atomic E-state index is 10.3. The summed E-state index contributed by atoms with van der Waals surface area (Å²) in [5.74, 6) is 0.607. The van der Waals surface area contributed by atoms with Gasteiger partial charge in [0.1, 0.15) is 0 Å². The number of amides is 1. The van der Waals surface area contributed by atoms with Crippen LogP contribution < -0.4 is 5.32 Å². The Balaban J connectivity index is 2.29. The van der Waals surface area contributed by atoms with E-state index in [4.69, 9.17) is 5.11 Å². The van der Waals surface area contributed by atoms with Crippen LogP contribution in [0.2, 0.25) is 0 Å². The minimum absolute atomic E-state index is 0.196. The van der Waals surface area contributed by atoms with E-state index in [0.717, 1.165) is 6.42 Å². The maximum absolute atomic E-state index is 10.3. The highest BCUT2D eigenvalue weighted by Crippen LogP contribution is 2.30. The van der Waals surface area contributed by atoms with Gasteiger partial charge >= 0.3 is 6.09 Å². The summed E-state index contributed by atoms with van der Waals surface area (Å²) >= 11 is 0. The van der Waals surface area contributed by atoms with E-state index >= 15 is 0 Å². The normalized spacial score (nSPS) is 20.5. The predicted octanol–water partition coefficient (Wildman–Crippen LogP) is 1.83. The highest BCUT2D eigenvalue weighted by Gasteiger charge is 2.26. The summed E-state index contributed by atoms with van der Waals surface area (Å²) in [7, 11) is 0. The van der Waals surface area contributed by atoms with E-state index in [1.807, 2.05) is 6.92 Å². The Kier molecular flexibility index (Phi) is 2.74. The van der Waals surface area contributed by atoms with Gasteiger partial charge in [0.15, 0.2) is 0 Å². The zero-order valence-corrected chi connectivity index (χ0v) is 6.84. The van der Waals surface area contributed by atoms with Crippen LogP contribution >= 0.6 is 0 Å². The SMILES string of the molecule is CCC(NC(=O)O)C1CCC1. The molecular weight excluding hydrogens is 142 g/mol. The van der Waals surface area contributed by atoms with Crippen LogP contribution in [0.5, 0.6) is 0 Å². The third-order valence-electron chi connectivity index (χ3n) is 2.47. The van der Waals surface area contributed by atoms with Crippen molar-refractivity contribution in [2.24, 2.45) is 5.92 Å². The van der Waals surface area contributed by atoms with Crippen molar-refractivity contribution in [2.75, 3.05) is 0 Å². The van der Waals surface area contributed by atoms with Crippen molar-refractivity contribution in [3.63, 3.8) is 0 Å². The Morgan fingerprint density at radius 2 is 2.36 bits per heavy atom. The molecule has 1 saturated carbocycles. The first kappa shape index (κ1) is 8.37. The smallest absolute Gasteiger partial charge is 0.404 e. The minimum Gasteiger partial charge on any atom is -0.465 e. The molecule has 0 saturated heterocycles. The van der Waals surface area contributed by atoms with Crippen molar-refractivity contribution >= 4 is 6.09 Å². The van der Waals surface area contributed by atoms with Crippen LogP contribution in [0, 0.1) is 5.92 Å². The molecule has 1 unspecified atom stereocenters. The Bertz CT molecular complexity index is 143. The summed E-state index contributed by atoms with van der Waals surface area (Å²) < 4.78 is 0. The third-order valence-corrected chi connectivity index (χ3v) is 2.47. The van der Waals surface area contributed by atoms with Crippen LogP contribution in [0.1, 0.15) is 32.6 Å². The quantitative estimate of drug-likeness (QED) is 0.656. The van der Waals surface area contributed by atoms with E-state index in [0.29, 0.717) is 5.92 Å². The van der Waals surface area contributed by atoms with Crippen LogP contribution in [0.25, 0.3) is 0 Å². The second-order valence-corrected chi connectivity index (χ2v) is 3.16. The van der Waals surface area contributed by atoms with Crippen LogP contribution in [-0.2, 0) is 0 Å². The van der Waals surface area contributed by atoms with Gasteiger partial charge in [0.2, 0.25) is 0 Å². The fraction of sp³-hybridized carbons (Fsp3) is 0.875. The third kappa shape index (κ3) is 2.10.